The maximum Gasteiger partial charge on any atom is 0.210 e. The molecule has 0 radical (unpaired) electrons. The monoisotopic (exact) mass is 591 g/mol. The summed E-state index contributed by atoms with van der Waals surface area (Å²) in [5, 5.41) is 5.39. The molecular formula is C43H47N2+. The van der Waals surface area contributed by atoms with E-state index in [2.05, 4.69) is 155 Å². The molecule has 0 bridgehead atoms. The van der Waals surface area contributed by atoms with Crippen molar-refractivity contribution < 1.29 is 4.58 Å². The number of anilines is 1. The molecule has 0 spiro atoms. The fourth-order valence-electron chi connectivity index (χ4n) is 8.58. The first-order chi connectivity index (χ1) is 21.7. The van der Waals surface area contributed by atoms with E-state index in [1.807, 2.05) is 0 Å². The van der Waals surface area contributed by atoms with Gasteiger partial charge in [-0.2, -0.15) is 4.58 Å². The third kappa shape index (κ3) is 4.56. The predicted octanol–water partition coefficient (Wildman–Crippen LogP) is 11.1. The third-order valence-electron chi connectivity index (χ3n) is 10.9. The van der Waals surface area contributed by atoms with Crippen molar-refractivity contribution in [3.8, 4) is 0 Å². The summed E-state index contributed by atoms with van der Waals surface area (Å²) in [6.45, 7) is 18.4. The lowest BCUT2D eigenvalue weighted by molar-refractivity contribution is -0.433. The van der Waals surface area contributed by atoms with E-state index in [9.17, 15) is 0 Å². The molecule has 3 aliphatic rings. The number of allylic oxidation sites excluding steroid dienone is 8. The largest absolute Gasteiger partial charge is 0.344 e. The Balaban J connectivity index is 1.25. The van der Waals surface area contributed by atoms with Crippen molar-refractivity contribution in [3.05, 3.63) is 131 Å². The van der Waals surface area contributed by atoms with Gasteiger partial charge in [-0.1, -0.05) is 80.6 Å². The summed E-state index contributed by atoms with van der Waals surface area (Å²) in [5.41, 5.74) is 12.7. The molecule has 4 aromatic carbocycles. The number of nitrogens with zero attached hydrogens (tertiary/aromatic N) is 2. The van der Waals surface area contributed by atoms with Gasteiger partial charge in [0.05, 0.1) is 5.41 Å². The zero-order valence-electron chi connectivity index (χ0n) is 28.2. The van der Waals surface area contributed by atoms with Gasteiger partial charge >= 0.3 is 0 Å². The first-order valence-corrected chi connectivity index (χ1v) is 16.9. The van der Waals surface area contributed by atoms with Crippen molar-refractivity contribution in [2.45, 2.75) is 78.6 Å². The highest BCUT2D eigenvalue weighted by Crippen LogP contribution is 2.51. The fraction of sp³-hybridized carbons (Fsp3) is 0.326. The van der Waals surface area contributed by atoms with E-state index in [0.29, 0.717) is 0 Å². The van der Waals surface area contributed by atoms with Crippen molar-refractivity contribution in [2.75, 3.05) is 18.0 Å². The highest BCUT2D eigenvalue weighted by atomic mass is 15.2. The van der Waals surface area contributed by atoms with Crippen LogP contribution in [0.1, 0.15) is 78.9 Å². The van der Waals surface area contributed by atoms with E-state index in [0.717, 1.165) is 25.9 Å². The van der Waals surface area contributed by atoms with Crippen LogP contribution in [0.4, 0.5) is 11.4 Å². The number of hydrogen-bond acceptors (Lipinski definition) is 1. The lowest BCUT2D eigenvalue weighted by Gasteiger charge is -2.26. The fourth-order valence-corrected chi connectivity index (χ4v) is 8.58. The first-order valence-electron chi connectivity index (χ1n) is 16.9. The Morgan fingerprint density at radius 2 is 1.40 bits per heavy atom. The van der Waals surface area contributed by atoms with Gasteiger partial charge in [-0.05, 0) is 116 Å². The van der Waals surface area contributed by atoms with Crippen LogP contribution in [0.2, 0.25) is 0 Å². The molecule has 7 rings (SSSR count). The predicted molar refractivity (Wildman–Crippen MR) is 194 cm³/mol. The molecule has 0 saturated heterocycles. The molecule has 2 aliphatic heterocycles. The summed E-state index contributed by atoms with van der Waals surface area (Å²) in [7, 11) is 0. The standard InChI is InChI=1S/C43H47N2/c1-8-44-36-25-21-32-15-10-12-19-34(32)40(36)42(4,5)38(44)27-23-30-17-14-18-31(29(30)3)24-28-39-43(6,7)41-35-20-13-11-16-33(35)22-26-37(41)45(39)9-2/h10-13,15-16,19-28H,8-9,14,17-18H2,1-7H3/q+1. The Kier molecular flexibility index (Phi) is 7.23. The summed E-state index contributed by atoms with van der Waals surface area (Å²) in [5.74, 6) is 0. The molecule has 0 fully saturated rings. The maximum absolute atomic E-state index is 2.53. The number of rotatable bonds is 5. The normalized spacial score (nSPS) is 20.8. The van der Waals surface area contributed by atoms with E-state index in [-0.39, 0.29) is 10.8 Å². The second kappa shape index (κ2) is 11.0. The quantitative estimate of drug-likeness (QED) is 0.209. The molecule has 228 valence electrons. The summed E-state index contributed by atoms with van der Waals surface area (Å²) in [4.78, 5) is 2.53. The van der Waals surface area contributed by atoms with Crippen LogP contribution in [0.3, 0.4) is 0 Å². The Hall–Kier alpha value is -4.17. The Morgan fingerprint density at radius 1 is 0.733 bits per heavy atom. The van der Waals surface area contributed by atoms with Crippen molar-refractivity contribution in [2.24, 2.45) is 0 Å². The Morgan fingerprint density at radius 3 is 2.09 bits per heavy atom. The molecule has 0 amide bonds. The maximum atomic E-state index is 2.53. The average molecular weight is 592 g/mol. The van der Waals surface area contributed by atoms with Crippen LogP contribution in [0.15, 0.2) is 120 Å². The Labute approximate surface area is 269 Å². The van der Waals surface area contributed by atoms with Crippen molar-refractivity contribution >= 4 is 38.6 Å². The van der Waals surface area contributed by atoms with Crippen LogP contribution in [0, 0.1) is 0 Å². The van der Waals surface area contributed by atoms with Crippen molar-refractivity contribution in [1.82, 2.24) is 0 Å². The second-order valence-corrected chi connectivity index (χ2v) is 14.1. The van der Waals surface area contributed by atoms with Crippen LogP contribution < -0.4 is 4.90 Å². The number of hydrogen-bond donors (Lipinski definition) is 0. The van der Waals surface area contributed by atoms with Gasteiger partial charge in [-0.15, -0.1) is 0 Å². The van der Waals surface area contributed by atoms with E-state index < -0.39 is 0 Å². The van der Waals surface area contributed by atoms with E-state index in [1.165, 1.54) is 78.6 Å². The van der Waals surface area contributed by atoms with Gasteiger partial charge in [0.1, 0.15) is 6.54 Å². The van der Waals surface area contributed by atoms with Crippen LogP contribution in [0.25, 0.3) is 21.5 Å². The van der Waals surface area contributed by atoms with Crippen LogP contribution >= 0.6 is 0 Å². The second-order valence-electron chi connectivity index (χ2n) is 14.1. The SMILES string of the molecule is CCN1/C(=C/C=C2\CCCC(/C=C/C3=[N+](CC)c4ccc5ccccc5c4C3(C)C)=C2C)C(C)(C)c2c1ccc1ccccc21. The molecule has 4 aromatic rings. The van der Waals surface area contributed by atoms with E-state index >= 15 is 0 Å². The highest BCUT2D eigenvalue weighted by Gasteiger charge is 2.45. The van der Waals surface area contributed by atoms with Gasteiger partial charge in [-0.3, -0.25) is 0 Å². The average Bonchev–Trinajstić information content (AvgIpc) is 3.41. The van der Waals surface area contributed by atoms with Gasteiger partial charge < -0.3 is 4.90 Å². The van der Waals surface area contributed by atoms with Gasteiger partial charge in [0.15, 0.2) is 5.71 Å². The van der Waals surface area contributed by atoms with E-state index in [4.69, 9.17) is 0 Å². The number of fused-ring (bicyclic) bond motifs is 6. The minimum atomic E-state index is -0.0637. The molecule has 0 atom stereocenters. The minimum Gasteiger partial charge on any atom is -0.344 e. The molecule has 0 unspecified atom stereocenters. The summed E-state index contributed by atoms with van der Waals surface area (Å²) < 4.78 is 2.53. The van der Waals surface area contributed by atoms with Gasteiger partial charge in [0, 0.05) is 41.1 Å². The van der Waals surface area contributed by atoms with Crippen LogP contribution in [-0.2, 0) is 10.8 Å². The van der Waals surface area contributed by atoms with Gasteiger partial charge in [-0.25, -0.2) is 0 Å². The Bertz CT molecular complexity index is 2010. The zero-order chi connectivity index (χ0) is 31.5. The van der Waals surface area contributed by atoms with E-state index in [1.54, 1.807) is 0 Å². The lowest BCUT2D eigenvalue weighted by atomic mass is 9.78. The molecule has 2 nitrogen and oxygen atoms in total. The summed E-state index contributed by atoms with van der Waals surface area (Å²) in [6.07, 6.45) is 13.2. The lowest BCUT2D eigenvalue weighted by Crippen LogP contribution is -2.27. The smallest absolute Gasteiger partial charge is 0.210 e. The molecular weight excluding hydrogens is 544 g/mol. The molecule has 0 N–H and O–H groups in total. The van der Waals surface area contributed by atoms with Crippen molar-refractivity contribution in [3.63, 3.8) is 0 Å². The van der Waals surface area contributed by atoms with Gasteiger partial charge in [0.25, 0.3) is 0 Å². The van der Waals surface area contributed by atoms with Gasteiger partial charge in [0.2, 0.25) is 5.69 Å². The topological polar surface area (TPSA) is 6.25 Å². The molecule has 0 saturated carbocycles. The molecule has 2 heterocycles. The minimum absolute atomic E-state index is 0.0637. The highest BCUT2D eigenvalue weighted by molar-refractivity contribution is 6.07. The molecule has 1 aliphatic carbocycles. The molecule has 2 heteroatoms. The van der Waals surface area contributed by atoms with Crippen LogP contribution in [0.5, 0.6) is 0 Å². The van der Waals surface area contributed by atoms with Crippen LogP contribution in [-0.4, -0.2) is 23.4 Å². The number of likely N-dealkylation sites (N-methyl/N-ethyl adjacent to an activating group) is 1. The summed E-state index contributed by atoms with van der Waals surface area (Å²) in [6, 6.07) is 26.9. The third-order valence-corrected chi connectivity index (χ3v) is 10.9. The summed E-state index contributed by atoms with van der Waals surface area (Å²) >= 11 is 0. The zero-order valence-corrected chi connectivity index (χ0v) is 28.2. The molecule has 0 aromatic heterocycles. The molecule has 45 heavy (non-hydrogen) atoms. The number of benzene rings is 4. The first kappa shape index (κ1) is 29.5. The van der Waals surface area contributed by atoms with Crippen molar-refractivity contribution in [1.29, 1.82) is 0 Å².